The minimum atomic E-state index is -0.625. The van der Waals surface area contributed by atoms with Gasteiger partial charge in [0, 0.05) is 9.75 Å². The standard InChI is InChI=1S/C26H30.C24H30.2C18H24.C8H12S.C6H9N3.C5H6O3/c1-11-13(3)21-17(7)19(9)23-15(5)12(2)16(6)24-20(10)18(8)22(14(11)4)25(21)26(23)24;1-11-12(2)16(6)22-20(10)24-18(8)14(4)13(3)17(7)23(24)19(9)21(22)15(11)5;1-9-10(2)14(6)18-16(8)12(4)11(3)15(7)17(18)13(9)5;1-9-10(2)13(5)17-15(7)12(4)16(8)18(17)14(6)11(9)3;1-5-6(2)8(4)9-7(5)3;1-4-7-5(2)9-6(3)8-4;1-3-4(2)8-5(6)7-3/h1-10H3;1-10H3;2*1-8H3;1-4H3;1-3H3;1-2H3. The number of fused-ring (bicyclic) bond motifs is 4. The van der Waals surface area contributed by atoms with Crippen molar-refractivity contribution in [1.29, 1.82) is 0 Å². The highest BCUT2D eigenvalue weighted by atomic mass is 32.1. The predicted octanol–water partition coefficient (Wildman–Crippen LogP) is 29.9. The summed E-state index contributed by atoms with van der Waals surface area (Å²) in [6.45, 7) is 99.9. The third kappa shape index (κ3) is 15.1. The minimum Gasteiger partial charge on any atom is -0.396 e. The van der Waals surface area contributed by atoms with E-state index in [1.807, 2.05) is 32.1 Å². The Morgan fingerprint density at radius 1 is 0.161 bits per heavy atom. The van der Waals surface area contributed by atoms with Crippen molar-refractivity contribution in [1.82, 2.24) is 15.0 Å². The number of aromatic nitrogens is 3. The molecule has 0 bridgehead atoms. The molecule has 2 aliphatic carbocycles. The predicted molar refractivity (Wildman–Crippen MR) is 493 cm³/mol. The molecular formula is C105H135N3O3S. The van der Waals surface area contributed by atoms with Gasteiger partial charge >= 0.3 is 5.82 Å². The smallest absolute Gasteiger partial charge is 0.396 e. The average molecular weight is 1520 g/mol. The number of hydrogen-bond donors (Lipinski definition) is 0. The fourth-order valence-electron chi connectivity index (χ4n) is 18.7. The van der Waals surface area contributed by atoms with Crippen LogP contribution in [0.3, 0.4) is 0 Å². The second-order valence-corrected chi connectivity index (χ2v) is 35.2. The molecule has 2 aliphatic rings. The molecule has 12 aromatic rings. The first-order valence-electron chi connectivity index (χ1n) is 40.5. The Morgan fingerprint density at radius 2 is 0.295 bits per heavy atom. The second-order valence-electron chi connectivity index (χ2n) is 33.8. The quantitative estimate of drug-likeness (QED) is 0.111. The van der Waals surface area contributed by atoms with Crippen LogP contribution in [0.2, 0.25) is 0 Å². The molecule has 0 amide bonds. The average Bonchev–Trinajstić information content (AvgIpc) is 0.962. The Hall–Kier alpha value is -8.78. The van der Waals surface area contributed by atoms with Gasteiger partial charge < -0.3 is 8.83 Å². The van der Waals surface area contributed by atoms with Gasteiger partial charge in [-0.1, -0.05) is 0 Å². The fourth-order valence-corrected chi connectivity index (χ4v) is 19.7. The van der Waals surface area contributed by atoms with E-state index in [2.05, 4.69) is 301 Å². The van der Waals surface area contributed by atoms with E-state index >= 15 is 0 Å². The molecule has 3 aromatic heterocycles. The van der Waals surface area contributed by atoms with E-state index in [-0.39, 0.29) is 0 Å². The number of rotatable bonds is 0. The Balaban J connectivity index is 0.000000170. The van der Waals surface area contributed by atoms with Crippen LogP contribution in [0.5, 0.6) is 0 Å². The lowest BCUT2D eigenvalue weighted by molar-refractivity contribution is 0.373. The Bertz CT molecular complexity index is 5610. The summed E-state index contributed by atoms with van der Waals surface area (Å²) in [5.74, 6) is 2.85. The molecule has 9 aromatic carbocycles. The molecule has 0 radical (unpaired) electrons. The van der Waals surface area contributed by atoms with Crippen LogP contribution in [0.4, 0.5) is 0 Å². The van der Waals surface area contributed by atoms with E-state index in [1.165, 1.54) is 297 Å². The molecule has 0 spiro atoms. The third-order valence-electron chi connectivity index (χ3n) is 28.6. The van der Waals surface area contributed by atoms with Gasteiger partial charge in [-0.3, -0.25) is 0 Å². The monoisotopic (exact) mass is 1520 g/mol. The summed E-state index contributed by atoms with van der Waals surface area (Å²) in [6.07, 6.45) is 0. The maximum atomic E-state index is 10.2. The highest BCUT2D eigenvalue weighted by Crippen LogP contribution is 2.50. The normalized spacial score (nSPS) is 11.3. The molecule has 0 N–H and O–H groups in total. The molecule has 0 saturated heterocycles. The summed E-state index contributed by atoms with van der Waals surface area (Å²) in [7, 11) is 0. The molecule has 594 valence electrons. The lowest BCUT2D eigenvalue weighted by Gasteiger charge is -2.27. The maximum absolute atomic E-state index is 10.2. The molecule has 3 heterocycles. The Kier molecular flexibility index (Phi) is 26.4. The van der Waals surface area contributed by atoms with Crippen LogP contribution in [0, 0.1) is 312 Å². The van der Waals surface area contributed by atoms with E-state index in [4.69, 9.17) is 0 Å². The summed E-state index contributed by atoms with van der Waals surface area (Å²) >= 11 is 1.90. The minimum absolute atomic E-state index is 0.551. The van der Waals surface area contributed by atoms with Gasteiger partial charge in [-0.2, -0.15) is 0 Å². The van der Waals surface area contributed by atoms with E-state index in [0.29, 0.717) is 11.5 Å². The Labute approximate surface area is 678 Å². The zero-order chi connectivity index (χ0) is 84.9. The van der Waals surface area contributed by atoms with Crippen LogP contribution in [0.25, 0.3) is 75.8 Å². The first-order valence-corrected chi connectivity index (χ1v) is 41.3. The van der Waals surface area contributed by atoms with Crippen molar-refractivity contribution < 1.29 is 8.83 Å². The van der Waals surface area contributed by atoms with Crippen LogP contribution in [0.1, 0.15) is 250 Å². The van der Waals surface area contributed by atoms with E-state index in [9.17, 15) is 4.79 Å². The van der Waals surface area contributed by atoms with Gasteiger partial charge in [0.25, 0.3) is 0 Å². The molecule has 0 atom stereocenters. The first-order chi connectivity index (χ1) is 51.8. The van der Waals surface area contributed by atoms with Gasteiger partial charge in [-0.25, -0.2) is 19.7 Å². The SMILES string of the molecule is Cc1c(C)c(C)c2c(C)c(C)c(C)c(C)c2c1C.Cc1c(C)c(C)c2c(C)c(C)c(C)c-2c(C)c1C.Cc1c(C)c(C)c2c(C)c3c(C)c(C)c(C)c(C)c3c(C)c2c1C.Cc1c(C)c2c(C)c(C)c3c(C)c(C)c(C)c4c(C)c(C)c(c1C)c2c34.Cc1nc(C)nc(C)n1.Cc1oc(=O)oc1C.Cc1sc(C)c(C)c1C. The van der Waals surface area contributed by atoms with Crippen molar-refractivity contribution in [2.24, 2.45) is 0 Å². The topological polar surface area (TPSA) is 82.0 Å². The first kappa shape index (κ1) is 88.8. The molecule has 112 heavy (non-hydrogen) atoms. The number of thiophene rings is 1. The molecular weight excluding hydrogens is 1380 g/mol. The van der Waals surface area contributed by atoms with Crippen molar-refractivity contribution in [3.05, 3.63) is 261 Å². The van der Waals surface area contributed by atoms with Gasteiger partial charge in [0.1, 0.15) is 29.0 Å². The molecule has 7 heteroatoms. The number of nitrogens with zero attached hydrogens (tertiary/aromatic N) is 3. The summed E-state index contributed by atoms with van der Waals surface area (Å²) in [5.41, 5.74) is 58.2. The van der Waals surface area contributed by atoms with Gasteiger partial charge in [0.2, 0.25) is 0 Å². The number of hydrogen-bond acceptors (Lipinski definition) is 7. The number of aryl methyl sites for hydroxylation is 25. The van der Waals surface area contributed by atoms with Crippen molar-refractivity contribution in [3.63, 3.8) is 0 Å². The van der Waals surface area contributed by atoms with Crippen molar-refractivity contribution >= 4 is 76.0 Å². The summed E-state index contributed by atoms with van der Waals surface area (Å²) in [6, 6.07) is 0. The Morgan fingerprint density at radius 3 is 0.455 bits per heavy atom. The zero-order valence-electron chi connectivity index (χ0n) is 78.0. The van der Waals surface area contributed by atoms with Crippen LogP contribution in [-0.4, -0.2) is 15.0 Å². The molecule has 0 saturated carbocycles. The molecule has 0 aliphatic heterocycles. The second kappa shape index (κ2) is 33.3. The summed E-state index contributed by atoms with van der Waals surface area (Å²) in [5, 5.41) is 17.9. The largest absolute Gasteiger partial charge is 0.518 e. The van der Waals surface area contributed by atoms with Crippen molar-refractivity contribution in [2.75, 3.05) is 0 Å². The van der Waals surface area contributed by atoms with Gasteiger partial charge in [0.15, 0.2) is 0 Å². The van der Waals surface area contributed by atoms with Gasteiger partial charge in [-0.05, 0) is 599 Å². The third-order valence-corrected chi connectivity index (χ3v) is 29.8. The van der Waals surface area contributed by atoms with Crippen molar-refractivity contribution in [3.8, 4) is 11.1 Å². The van der Waals surface area contributed by atoms with Crippen LogP contribution >= 0.6 is 11.3 Å². The summed E-state index contributed by atoms with van der Waals surface area (Å²) < 4.78 is 8.98. The molecule has 0 unspecified atom stereocenters. The van der Waals surface area contributed by atoms with Crippen LogP contribution < -0.4 is 5.82 Å². The maximum Gasteiger partial charge on any atom is 0.518 e. The fraction of sp³-hybridized carbons (Fsp3) is 0.429. The molecule has 6 nitrogen and oxygen atoms in total. The van der Waals surface area contributed by atoms with E-state index < -0.39 is 5.82 Å². The highest BCUT2D eigenvalue weighted by Gasteiger charge is 2.27. The number of benzene rings is 9. The van der Waals surface area contributed by atoms with E-state index in [1.54, 1.807) is 13.8 Å². The van der Waals surface area contributed by atoms with Gasteiger partial charge in [-0.15, -0.1) is 11.3 Å². The molecule has 0 fully saturated rings. The van der Waals surface area contributed by atoms with Crippen LogP contribution in [0.15, 0.2) is 13.6 Å². The van der Waals surface area contributed by atoms with Gasteiger partial charge in [0.05, 0.1) is 0 Å². The van der Waals surface area contributed by atoms with Crippen molar-refractivity contribution in [2.45, 2.75) is 312 Å². The zero-order valence-corrected chi connectivity index (χ0v) is 78.8. The van der Waals surface area contributed by atoms with Crippen LogP contribution in [-0.2, 0) is 0 Å². The molecule has 14 rings (SSSR count). The lowest BCUT2D eigenvalue weighted by Crippen LogP contribution is -2.04. The lowest BCUT2D eigenvalue weighted by atomic mass is 9.77. The summed E-state index contributed by atoms with van der Waals surface area (Å²) in [4.78, 5) is 25.1. The highest BCUT2D eigenvalue weighted by molar-refractivity contribution is 7.12. The van der Waals surface area contributed by atoms with E-state index in [0.717, 1.165) is 17.5 Å².